The predicted molar refractivity (Wildman–Crippen MR) is 146 cm³/mol. The first-order valence-corrected chi connectivity index (χ1v) is 12.7. The summed E-state index contributed by atoms with van der Waals surface area (Å²) in [6.45, 7) is 22.7. The van der Waals surface area contributed by atoms with Gasteiger partial charge in [-0.1, -0.05) is 49.7 Å². The second kappa shape index (κ2) is 10.3. The molecule has 0 spiro atoms. The summed E-state index contributed by atoms with van der Waals surface area (Å²) in [5.41, 5.74) is 17.2. The molecule has 0 aliphatic rings. The van der Waals surface area contributed by atoms with Gasteiger partial charge in [0.1, 0.15) is 0 Å². The maximum atomic E-state index is 2.44. The molecule has 1 unspecified atom stereocenters. The molecule has 0 nitrogen and oxygen atoms in total. The molecule has 176 valence electrons. The highest BCUT2D eigenvalue weighted by Crippen LogP contribution is 2.35. The molecule has 0 fully saturated rings. The third kappa shape index (κ3) is 5.60. The van der Waals surface area contributed by atoms with E-state index >= 15 is 0 Å². The Morgan fingerprint density at radius 2 is 0.758 bits per heavy atom. The normalized spacial score (nSPS) is 12.5. The van der Waals surface area contributed by atoms with Crippen LogP contribution in [0.15, 0.2) is 36.4 Å². The minimum absolute atomic E-state index is 0.453. The first-order chi connectivity index (χ1) is 15.5. The van der Waals surface area contributed by atoms with Gasteiger partial charge in [-0.15, -0.1) is 0 Å². The lowest BCUT2D eigenvalue weighted by molar-refractivity contribution is 0.573. The molecule has 0 aliphatic carbocycles. The highest BCUT2D eigenvalue weighted by atomic mass is 14.2. The van der Waals surface area contributed by atoms with E-state index in [4.69, 9.17) is 0 Å². The lowest BCUT2D eigenvalue weighted by atomic mass is 9.81. The van der Waals surface area contributed by atoms with E-state index in [1.807, 2.05) is 0 Å². The Kier molecular flexibility index (Phi) is 7.88. The van der Waals surface area contributed by atoms with E-state index < -0.39 is 0 Å². The zero-order chi connectivity index (χ0) is 24.4. The maximum Gasteiger partial charge on any atom is 0.00897 e. The van der Waals surface area contributed by atoms with E-state index in [-0.39, 0.29) is 0 Å². The molecule has 3 aromatic carbocycles. The first kappa shape index (κ1) is 25.3. The van der Waals surface area contributed by atoms with Crippen molar-refractivity contribution < 1.29 is 0 Å². The molecule has 0 radical (unpaired) electrons. The van der Waals surface area contributed by atoms with Crippen molar-refractivity contribution >= 4 is 0 Å². The van der Waals surface area contributed by atoms with E-state index in [1.165, 1.54) is 86.0 Å². The van der Waals surface area contributed by atoms with Crippen molar-refractivity contribution in [2.75, 3.05) is 0 Å². The van der Waals surface area contributed by atoms with Gasteiger partial charge in [-0.25, -0.2) is 0 Å². The maximum absolute atomic E-state index is 2.44. The van der Waals surface area contributed by atoms with Crippen LogP contribution in [0.5, 0.6) is 0 Å². The SMILES string of the molecule is Cc1cc(C(C)CCCC(c2cc(C)c(C)c(C)c2)c2cc(C)c(C)c(C)c2)cc(C)c1C. The highest BCUT2D eigenvalue weighted by Gasteiger charge is 2.18. The van der Waals surface area contributed by atoms with Gasteiger partial charge in [0.05, 0.1) is 0 Å². The van der Waals surface area contributed by atoms with Gasteiger partial charge in [0.15, 0.2) is 0 Å². The molecule has 0 aromatic heterocycles. The molecule has 0 N–H and O–H groups in total. The third-order valence-corrected chi connectivity index (χ3v) is 8.35. The molecule has 0 aliphatic heterocycles. The fraction of sp³-hybridized carbons (Fsp3) is 0.455. The number of hydrogen-bond donors (Lipinski definition) is 0. The molecule has 0 saturated carbocycles. The van der Waals surface area contributed by atoms with Crippen molar-refractivity contribution in [3.63, 3.8) is 0 Å². The molecular formula is C33H44. The largest absolute Gasteiger partial charge is 0.0584 e. The Morgan fingerprint density at radius 3 is 1.09 bits per heavy atom. The van der Waals surface area contributed by atoms with Crippen molar-refractivity contribution in [1.82, 2.24) is 0 Å². The van der Waals surface area contributed by atoms with Gasteiger partial charge in [-0.2, -0.15) is 0 Å². The van der Waals surface area contributed by atoms with Gasteiger partial charge in [0.2, 0.25) is 0 Å². The highest BCUT2D eigenvalue weighted by molar-refractivity contribution is 5.45. The summed E-state index contributed by atoms with van der Waals surface area (Å²) in [6, 6.07) is 14.6. The smallest absolute Gasteiger partial charge is 0.00897 e. The topological polar surface area (TPSA) is 0 Å². The Balaban J connectivity index is 1.88. The van der Waals surface area contributed by atoms with Crippen LogP contribution in [0.4, 0.5) is 0 Å². The van der Waals surface area contributed by atoms with E-state index in [0.717, 1.165) is 0 Å². The van der Waals surface area contributed by atoms with Gasteiger partial charge in [-0.3, -0.25) is 0 Å². The fourth-order valence-corrected chi connectivity index (χ4v) is 5.22. The fourth-order valence-electron chi connectivity index (χ4n) is 5.22. The molecule has 1 atom stereocenters. The predicted octanol–water partition coefficient (Wildman–Crippen LogP) is 9.57. The number of aryl methyl sites for hydroxylation is 6. The Labute approximate surface area is 203 Å². The van der Waals surface area contributed by atoms with E-state index in [2.05, 4.69) is 106 Å². The standard InChI is InChI=1S/C33H44/c1-20(30-14-21(2)27(8)22(3)15-30)12-11-13-33(31-16-23(4)28(9)24(5)17-31)32-18-25(6)29(10)26(7)19-32/h14-20,33H,11-13H2,1-10H3. The van der Waals surface area contributed by atoms with Crippen LogP contribution in [0.2, 0.25) is 0 Å². The van der Waals surface area contributed by atoms with Gasteiger partial charge in [0.25, 0.3) is 0 Å². The summed E-state index contributed by atoms with van der Waals surface area (Å²) in [6.07, 6.45) is 3.65. The monoisotopic (exact) mass is 440 g/mol. The average molecular weight is 441 g/mol. The molecule has 3 aromatic rings. The third-order valence-electron chi connectivity index (χ3n) is 8.35. The van der Waals surface area contributed by atoms with Crippen molar-refractivity contribution in [1.29, 1.82) is 0 Å². The van der Waals surface area contributed by atoms with Crippen LogP contribution in [0.25, 0.3) is 0 Å². The van der Waals surface area contributed by atoms with Crippen LogP contribution in [0.1, 0.15) is 105 Å². The van der Waals surface area contributed by atoms with Gasteiger partial charge >= 0.3 is 0 Å². The minimum Gasteiger partial charge on any atom is -0.0584 e. The van der Waals surface area contributed by atoms with E-state index in [0.29, 0.717) is 11.8 Å². The number of rotatable bonds is 7. The second-order valence-electron chi connectivity index (χ2n) is 10.7. The molecule has 0 heterocycles. The summed E-state index contributed by atoms with van der Waals surface area (Å²) >= 11 is 0. The van der Waals surface area contributed by atoms with Gasteiger partial charge < -0.3 is 0 Å². The Hall–Kier alpha value is -2.34. The van der Waals surface area contributed by atoms with E-state index in [1.54, 1.807) is 0 Å². The van der Waals surface area contributed by atoms with Crippen molar-refractivity contribution in [3.8, 4) is 0 Å². The Morgan fingerprint density at radius 1 is 0.455 bits per heavy atom. The lowest BCUT2D eigenvalue weighted by Crippen LogP contribution is -2.06. The summed E-state index contributed by atoms with van der Waals surface area (Å²) in [5.74, 6) is 1.04. The zero-order valence-corrected chi connectivity index (χ0v) is 22.7. The van der Waals surface area contributed by atoms with Crippen LogP contribution in [0, 0.1) is 62.3 Å². The minimum atomic E-state index is 0.453. The van der Waals surface area contributed by atoms with Crippen molar-refractivity contribution in [2.45, 2.75) is 100 Å². The molecular weight excluding hydrogens is 396 g/mol. The average Bonchev–Trinajstić information content (AvgIpc) is 2.75. The molecule has 0 amide bonds. The van der Waals surface area contributed by atoms with Crippen molar-refractivity contribution in [2.24, 2.45) is 0 Å². The zero-order valence-electron chi connectivity index (χ0n) is 22.7. The molecule has 0 heteroatoms. The first-order valence-electron chi connectivity index (χ1n) is 12.7. The van der Waals surface area contributed by atoms with Crippen LogP contribution < -0.4 is 0 Å². The van der Waals surface area contributed by atoms with Crippen LogP contribution >= 0.6 is 0 Å². The number of benzene rings is 3. The summed E-state index contributed by atoms with van der Waals surface area (Å²) < 4.78 is 0. The van der Waals surface area contributed by atoms with Gasteiger partial charge in [-0.05, 0) is 148 Å². The summed E-state index contributed by atoms with van der Waals surface area (Å²) in [4.78, 5) is 0. The molecule has 3 rings (SSSR count). The summed E-state index contributed by atoms with van der Waals surface area (Å²) in [7, 11) is 0. The molecule has 0 bridgehead atoms. The van der Waals surface area contributed by atoms with E-state index in [9.17, 15) is 0 Å². The molecule has 0 saturated heterocycles. The molecule has 33 heavy (non-hydrogen) atoms. The van der Waals surface area contributed by atoms with Gasteiger partial charge in [0, 0.05) is 5.92 Å². The van der Waals surface area contributed by atoms with Crippen LogP contribution in [-0.2, 0) is 0 Å². The van der Waals surface area contributed by atoms with Crippen LogP contribution in [0.3, 0.4) is 0 Å². The summed E-state index contributed by atoms with van der Waals surface area (Å²) in [5, 5.41) is 0. The lowest BCUT2D eigenvalue weighted by Gasteiger charge is -2.23. The van der Waals surface area contributed by atoms with Crippen LogP contribution in [-0.4, -0.2) is 0 Å². The Bertz CT molecular complexity index is 1020. The number of hydrogen-bond acceptors (Lipinski definition) is 0. The quantitative estimate of drug-likeness (QED) is 0.343. The van der Waals surface area contributed by atoms with Crippen molar-refractivity contribution in [3.05, 3.63) is 103 Å². The second-order valence-corrected chi connectivity index (χ2v) is 10.7.